The number of aryl methyl sites for hydroxylation is 1. The number of aromatic nitrogens is 3. The summed E-state index contributed by atoms with van der Waals surface area (Å²) in [5.74, 6) is -0.0405. The highest BCUT2D eigenvalue weighted by atomic mass is 32.2. The van der Waals surface area contributed by atoms with Gasteiger partial charge in [0.1, 0.15) is 23.3 Å². The third-order valence-corrected chi connectivity index (χ3v) is 10.1. The molecule has 50 heavy (non-hydrogen) atoms. The molecule has 1 aliphatic carbocycles. The Morgan fingerprint density at radius 2 is 1.84 bits per heavy atom. The van der Waals surface area contributed by atoms with E-state index in [1.54, 1.807) is 32.2 Å². The zero-order valence-corrected chi connectivity index (χ0v) is 30.0. The van der Waals surface area contributed by atoms with E-state index in [4.69, 9.17) is 23.9 Å². The summed E-state index contributed by atoms with van der Waals surface area (Å²) in [6.45, 7) is 8.00. The Balaban J connectivity index is 1.58. The number of hydrogen-bond acceptors (Lipinski definition) is 10. The predicted molar refractivity (Wildman–Crippen MR) is 185 cm³/mol. The van der Waals surface area contributed by atoms with Crippen molar-refractivity contribution in [3.63, 3.8) is 0 Å². The van der Waals surface area contributed by atoms with E-state index in [1.165, 1.54) is 9.42 Å². The number of amides is 1. The highest BCUT2D eigenvalue weighted by molar-refractivity contribution is 7.80. The molecule has 2 aliphatic rings. The number of unbranched alkanes of at least 4 members (excludes halogenated alkanes) is 2. The van der Waals surface area contributed by atoms with Crippen molar-refractivity contribution in [3.8, 4) is 23.3 Å². The molecule has 3 aromatic rings. The summed E-state index contributed by atoms with van der Waals surface area (Å²) >= 11 is -2.56. The summed E-state index contributed by atoms with van der Waals surface area (Å²) in [5.41, 5.74) is 1.30. The maximum atomic E-state index is 14.4. The number of rotatable bonds is 14. The number of morpholine rings is 1. The lowest BCUT2D eigenvalue weighted by atomic mass is 9.70. The number of carbonyl (C=O) groups is 2. The van der Waals surface area contributed by atoms with Crippen molar-refractivity contribution in [2.45, 2.75) is 78.2 Å². The molecule has 1 aromatic carbocycles. The number of aromatic amines is 1. The van der Waals surface area contributed by atoms with Gasteiger partial charge in [-0.25, -0.2) is 19.1 Å². The minimum atomic E-state index is -2.56. The van der Waals surface area contributed by atoms with Crippen LogP contribution in [0, 0.1) is 36.0 Å². The van der Waals surface area contributed by atoms with Crippen LogP contribution in [0.5, 0.6) is 5.88 Å². The molecular formula is C35H47N6O8S-. The lowest BCUT2D eigenvalue weighted by Gasteiger charge is -2.41. The van der Waals surface area contributed by atoms with Crippen LogP contribution in [-0.2, 0) is 25.5 Å². The summed E-state index contributed by atoms with van der Waals surface area (Å²) in [4.78, 5) is 33.9. The van der Waals surface area contributed by atoms with Crippen LogP contribution in [0.3, 0.4) is 0 Å². The van der Waals surface area contributed by atoms with Crippen molar-refractivity contribution < 1.29 is 37.3 Å². The van der Waals surface area contributed by atoms with Gasteiger partial charge in [0, 0.05) is 49.3 Å². The lowest BCUT2D eigenvalue weighted by Crippen LogP contribution is -2.42. The predicted octanol–water partition coefficient (Wildman–Crippen LogP) is 5.74. The molecule has 5 rings (SSSR count). The van der Waals surface area contributed by atoms with Gasteiger partial charge in [-0.15, -0.1) is 0 Å². The first kappa shape index (κ1) is 37.3. The highest BCUT2D eigenvalue weighted by Gasteiger charge is 2.41. The standard InChI is InChI=1S/C35H48N6O8S/c1-5-7-9-24-17-23(21-46-4)18-25(10-8-6-2)30(24)48-34(42)29-27(20-36)33(49-35(43)40-13-15-47-16-14-40)41-32(29)37-31(38-41)26-12-11-22(3)28(19-26)39-50(44)45/h11-12,19,23-25,30,39H,5-10,13-18,21H2,1-4H3,(H,37,38)(H,44,45)/p-1. The molecule has 0 radical (unpaired) electrons. The highest BCUT2D eigenvalue weighted by Crippen LogP contribution is 2.42. The average molecular weight is 712 g/mol. The maximum Gasteiger partial charge on any atom is 0.416 e. The first-order valence-corrected chi connectivity index (χ1v) is 18.5. The first-order valence-electron chi connectivity index (χ1n) is 17.4. The number of anilines is 1. The molecule has 14 nitrogen and oxygen atoms in total. The Morgan fingerprint density at radius 1 is 1.16 bits per heavy atom. The number of carbonyl (C=O) groups excluding carboxylic acids is 2. The molecule has 0 bridgehead atoms. The monoisotopic (exact) mass is 711 g/mol. The van der Waals surface area contributed by atoms with Crippen molar-refractivity contribution in [2.24, 2.45) is 17.8 Å². The number of ether oxygens (including phenoxy) is 4. The summed E-state index contributed by atoms with van der Waals surface area (Å²) in [5, 5.41) is 13.5. The van der Waals surface area contributed by atoms with Crippen molar-refractivity contribution in [1.82, 2.24) is 19.5 Å². The van der Waals surface area contributed by atoms with Crippen LogP contribution in [0.25, 0.3) is 17.0 Å². The quantitative estimate of drug-likeness (QED) is 0.154. The van der Waals surface area contributed by atoms with Crippen molar-refractivity contribution >= 4 is 34.7 Å². The van der Waals surface area contributed by atoms with Gasteiger partial charge in [-0.1, -0.05) is 51.7 Å². The van der Waals surface area contributed by atoms with Gasteiger partial charge in [0.15, 0.2) is 11.5 Å². The average Bonchev–Trinajstić information content (AvgIpc) is 3.66. The molecule has 1 saturated heterocycles. The fourth-order valence-corrected chi connectivity index (χ4v) is 7.62. The second-order valence-electron chi connectivity index (χ2n) is 13.2. The Labute approximate surface area is 295 Å². The maximum absolute atomic E-state index is 14.4. The number of nitrogens with one attached hydrogen (secondary N) is 2. The Hall–Kier alpha value is -3.97. The molecule has 2 N–H and O–H groups in total. The summed E-state index contributed by atoms with van der Waals surface area (Å²) in [7, 11) is 1.72. The molecule has 0 spiro atoms. The van der Waals surface area contributed by atoms with Crippen LogP contribution >= 0.6 is 0 Å². The summed E-state index contributed by atoms with van der Waals surface area (Å²) in [6.07, 6.45) is 6.50. The number of nitriles is 1. The first-order chi connectivity index (χ1) is 24.2. The topological polar surface area (TPSA) is 183 Å². The molecule has 2 aromatic heterocycles. The number of benzene rings is 1. The zero-order chi connectivity index (χ0) is 35.8. The van der Waals surface area contributed by atoms with E-state index < -0.39 is 23.3 Å². The number of nitrogens with zero attached hydrogens (tertiary/aromatic N) is 4. The van der Waals surface area contributed by atoms with E-state index in [0.29, 0.717) is 55.6 Å². The van der Waals surface area contributed by atoms with E-state index in [-0.39, 0.29) is 46.4 Å². The van der Waals surface area contributed by atoms with Crippen molar-refractivity contribution in [3.05, 3.63) is 34.9 Å². The summed E-state index contributed by atoms with van der Waals surface area (Å²) < 4.78 is 49.8. The van der Waals surface area contributed by atoms with E-state index in [2.05, 4.69) is 29.7 Å². The Bertz CT molecular complexity index is 1690. The molecule has 1 aliphatic heterocycles. The molecule has 3 atom stereocenters. The molecular weight excluding hydrogens is 664 g/mol. The van der Waals surface area contributed by atoms with Crippen LogP contribution in [0.1, 0.15) is 86.7 Å². The molecule has 3 unspecified atom stereocenters. The number of methoxy groups -OCH3 is 1. The third kappa shape index (κ3) is 8.48. The second kappa shape index (κ2) is 17.3. The van der Waals surface area contributed by atoms with Gasteiger partial charge >= 0.3 is 12.1 Å². The number of H-pyrrole nitrogens is 1. The fraction of sp³-hybridized carbons (Fsp3) is 0.600. The van der Waals surface area contributed by atoms with Gasteiger partial charge < -0.3 is 33.1 Å². The van der Waals surface area contributed by atoms with E-state index in [0.717, 1.165) is 51.4 Å². The Morgan fingerprint density at radius 3 is 2.44 bits per heavy atom. The molecule has 3 heterocycles. The zero-order valence-electron chi connectivity index (χ0n) is 29.2. The van der Waals surface area contributed by atoms with Gasteiger partial charge in [-0.2, -0.15) is 5.26 Å². The van der Waals surface area contributed by atoms with Gasteiger partial charge in [0.05, 0.1) is 13.2 Å². The van der Waals surface area contributed by atoms with E-state index in [9.17, 15) is 23.6 Å². The number of esters is 1. The Kier molecular flexibility index (Phi) is 12.9. The number of fused-ring (bicyclic) bond motifs is 1. The smallest absolute Gasteiger partial charge is 0.416 e. The van der Waals surface area contributed by atoms with Gasteiger partial charge in [0.25, 0.3) is 0 Å². The minimum absolute atomic E-state index is 0.0529. The van der Waals surface area contributed by atoms with Crippen LogP contribution in [0.2, 0.25) is 0 Å². The van der Waals surface area contributed by atoms with E-state index >= 15 is 0 Å². The van der Waals surface area contributed by atoms with Gasteiger partial charge in [-0.05, 0) is 62.0 Å². The van der Waals surface area contributed by atoms with Crippen LogP contribution in [-0.4, -0.2) is 86.4 Å². The van der Waals surface area contributed by atoms with Crippen LogP contribution in [0.15, 0.2) is 18.2 Å². The molecule has 1 saturated carbocycles. The number of hydrogen-bond donors (Lipinski definition) is 2. The van der Waals surface area contributed by atoms with Crippen LogP contribution in [0.4, 0.5) is 10.5 Å². The molecule has 272 valence electrons. The van der Waals surface area contributed by atoms with E-state index in [1.807, 2.05) is 0 Å². The van der Waals surface area contributed by atoms with Gasteiger partial charge in [-0.3, -0.25) is 9.31 Å². The minimum Gasteiger partial charge on any atom is -0.755 e. The van der Waals surface area contributed by atoms with Crippen molar-refractivity contribution in [1.29, 1.82) is 5.26 Å². The van der Waals surface area contributed by atoms with Gasteiger partial charge in [0.2, 0.25) is 5.88 Å². The SMILES string of the molecule is CCCCC1CC(COC)CC(CCCC)C1OC(=O)c1c(C#N)c(OC(=O)N2CCOCC2)n2[nH]c(-c3ccc(C)c(NS(=O)[O-])c3)nc12. The van der Waals surface area contributed by atoms with Crippen LogP contribution < -0.4 is 9.46 Å². The molecule has 1 amide bonds. The summed E-state index contributed by atoms with van der Waals surface area (Å²) in [6, 6.07) is 7.15. The largest absolute Gasteiger partial charge is 0.755 e. The normalized spacial score (nSPS) is 21.5. The lowest BCUT2D eigenvalue weighted by molar-refractivity contribution is -0.0496. The third-order valence-electron chi connectivity index (χ3n) is 9.72. The molecule has 15 heteroatoms. The molecule has 2 fully saturated rings. The van der Waals surface area contributed by atoms with Crippen molar-refractivity contribution in [2.75, 3.05) is 44.7 Å². The second-order valence-corrected chi connectivity index (χ2v) is 13.9. The fourth-order valence-electron chi connectivity index (χ4n) is 7.22.